The molecule has 0 saturated carbocycles. The predicted octanol–water partition coefficient (Wildman–Crippen LogP) is 4.48. The number of hydrogen-bond acceptors (Lipinski definition) is 5. The molecule has 7 nitrogen and oxygen atoms in total. The van der Waals surface area contributed by atoms with Crippen LogP contribution in [0.5, 0.6) is 0 Å². The van der Waals surface area contributed by atoms with E-state index in [4.69, 9.17) is 21.1 Å². The summed E-state index contributed by atoms with van der Waals surface area (Å²) in [4.78, 5) is 23.1. The smallest absolute Gasteiger partial charge is 0.335 e. The van der Waals surface area contributed by atoms with Crippen molar-refractivity contribution in [2.75, 3.05) is 11.9 Å². The lowest BCUT2D eigenvalue weighted by atomic mass is 10.1. The number of aromatic carboxylic acids is 1. The molecule has 0 aliphatic heterocycles. The third-order valence-corrected chi connectivity index (χ3v) is 4.78. The van der Waals surface area contributed by atoms with Gasteiger partial charge in [0.05, 0.1) is 23.3 Å². The molecule has 1 aromatic heterocycles. The van der Waals surface area contributed by atoms with E-state index in [-0.39, 0.29) is 18.0 Å². The molecule has 8 heteroatoms. The number of hydrogen-bond donors (Lipinski definition) is 3. The quantitative estimate of drug-likeness (QED) is 0.382. The Morgan fingerprint density at radius 3 is 2.63 bits per heavy atom. The molecule has 0 aliphatic carbocycles. The second-order valence-electron chi connectivity index (χ2n) is 6.65. The summed E-state index contributed by atoms with van der Waals surface area (Å²) in [5.41, 5.74) is 6.15. The molecule has 3 rings (SSSR count). The van der Waals surface area contributed by atoms with Gasteiger partial charge in [0.15, 0.2) is 0 Å². The van der Waals surface area contributed by atoms with Crippen LogP contribution in [-0.2, 0) is 4.79 Å². The van der Waals surface area contributed by atoms with Gasteiger partial charge in [-0.25, -0.2) is 10.2 Å². The van der Waals surface area contributed by atoms with Crippen LogP contribution in [-0.4, -0.2) is 29.7 Å². The van der Waals surface area contributed by atoms with Crippen molar-refractivity contribution in [2.24, 2.45) is 5.10 Å². The molecule has 0 radical (unpaired) electrons. The van der Waals surface area contributed by atoms with Crippen LogP contribution in [0.3, 0.4) is 0 Å². The summed E-state index contributed by atoms with van der Waals surface area (Å²) in [6, 6.07) is 13.5. The number of aryl methyl sites for hydroxylation is 2. The maximum Gasteiger partial charge on any atom is 0.335 e. The number of halogens is 1. The molecule has 0 unspecified atom stereocenters. The molecule has 154 valence electrons. The largest absolute Gasteiger partial charge is 0.478 e. The van der Waals surface area contributed by atoms with Crippen molar-refractivity contribution >= 4 is 35.4 Å². The molecule has 0 saturated heterocycles. The monoisotopic (exact) mass is 425 g/mol. The lowest BCUT2D eigenvalue weighted by Gasteiger charge is -2.07. The fraction of sp³-hybridized carbons (Fsp3) is 0.136. The summed E-state index contributed by atoms with van der Waals surface area (Å²) in [6.45, 7) is 4.10. The van der Waals surface area contributed by atoms with Crippen molar-refractivity contribution in [3.8, 4) is 11.3 Å². The Kier molecular flexibility index (Phi) is 6.54. The van der Waals surface area contributed by atoms with Gasteiger partial charge in [-0.15, -0.1) is 0 Å². The number of carbonyl (C=O) groups is 2. The zero-order valence-corrected chi connectivity index (χ0v) is 17.2. The molecule has 2 aromatic carbocycles. The molecule has 0 atom stereocenters. The molecular weight excluding hydrogens is 406 g/mol. The zero-order valence-electron chi connectivity index (χ0n) is 16.4. The van der Waals surface area contributed by atoms with E-state index in [9.17, 15) is 9.59 Å². The van der Waals surface area contributed by atoms with E-state index in [1.807, 2.05) is 32.0 Å². The van der Waals surface area contributed by atoms with Gasteiger partial charge in [-0.1, -0.05) is 17.7 Å². The van der Waals surface area contributed by atoms with Gasteiger partial charge in [-0.05, 0) is 67.4 Å². The summed E-state index contributed by atoms with van der Waals surface area (Å²) in [5.74, 6) is -0.594. The molecule has 0 bridgehead atoms. The van der Waals surface area contributed by atoms with E-state index in [1.165, 1.54) is 30.0 Å². The van der Waals surface area contributed by atoms with E-state index >= 15 is 0 Å². The first kappa shape index (κ1) is 21.1. The van der Waals surface area contributed by atoms with Crippen LogP contribution in [0.15, 0.2) is 58.0 Å². The fourth-order valence-electron chi connectivity index (χ4n) is 2.66. The SMILES string of the molecule is Cc1ccc(NCC(=O)N/N=C/c2ccc(-c3cc(C(=O)O)ccc3Cl)o2)cc1C. The number of carboxylic acids is 1. The van der Waals surface area contributed by atoms with Gasteiger partial charge >= 0.3 is 5.97 Å². The molecule has 3 aromatic rings. The van der Waals surface area contributed by atoms with Gasteiger partial charge in [0.1, 0.15) is 11.5 Å². The van der Waals surface area contributed by atoms with Crippen molar-refractivity contribution in [3.63, 3.8) is 0 Å². The molecule has 30 heavy (non-hydrogen) atoms. The average Bonchev–Trinajstić information content (AvgIpc) is 3.17. The lowest BCUT2D eigenvalue weighted by molar-refractivity contribution is -0.119. The molecule has 1 amide bonds. The van der Waals surface area contributed by atoms with Crippen LogP contribution in [0.25, 0.3) is 11.3 Å². The maximum absolute atomic E-state index is 11.9. The summed E-state index contributed by atoms with van der Waals surface area (Å²) >= 11 is 6.14. The normalized spacial score (nSPS) is 10.9. The maximum atomic E-state index is 11.9. The number of furan rings is 1. The number of carbonyl (C=O) groups excluding carboxylic acids is 1. The summed E-state index contributed by atoms with van der Waals surface area (Å²) < 4.78 is 5.63. The molecular formula is C22H20ClN3O4. The van der Waals surface area contributed by atoms with Gasteiger partial charge in [-0.2, -0.15) is 5.10 Å². The zero-order chi connectivity index (χ0) is 21.7. The van der Waals surface area contributed by atoms with E-state index in [0.717, 1.165) is 11.3 Å². The Balaban J connectivity index is 1.58. The molecule has 1 heterocycles. The Bertz CT molecular complexity index is 1120. The van der Waals surface area contributed by atoms with Crippen molar-refractivity contribution in [3.05, 3.63) is 76.0 Å². The highest BCUT2D eigenvalue weighted by Crippen LogP contribution is 2.30. The number of nitrogens with zero attached hydrogens (tertiary/aromatic N) is 1. The van der Waals surface area contributed by atoms with Gasteiger partial charge in [0.2, 0.25) is 0 Å². The van der Waals surface area contributed by atoms with Gasteiger partial charge < -0.3 is 14.8 Å². The number of benzene rings is 2. The van der Waals surface area contributed by atoms with Gasteiger partial charge in [0.25, 0.3) is 5.91 Å². The predicted molar refractivity (Wildman–Crippen MR) is 116 cm³/mol. The van der Waals surface area contributed by atoms with Crippen molar-refractivity contribution in [2.45, 2.75) is 13.8 Å². The van der Waals surface area contributed by atoms with Gasteiger partial charge in [-0.3, -0.25) is 4.79 Å². The van der Waals surface area contributed by atoms with Crippen LogP contribution in [0.4, 0.5) is 5.69 Å². The topological polar surface area (TPSA) is 104 Å². The molecule has 0 aliphatic rings. The van der Waals surface area contributed by atoms with Crippen LogP contribution in [0.1, 0.15) is 27.2 Å². The van der Waals surface area contributed by atoms with Crippen molar-refractivity contribution in [1.82, 2.24) is 5.43 Å². The van der Waals surface area contributed by atoms with E-state index in [1.54, 1.807) is 12.1 Å². The Labute approximate surface area is 178 Å². The highest BCUT2D eigenvalue weighted by Gasteiger charge is 2.12. The minimum atomic E-state index is -1.06. The first-order chi connectivity index (χ1) is 14.3. The van der Waals surface area contributed by atoms with E-state index < -0.39 is 5.97 Å². The van der Waals surface area contributed by atoms with Crippen LogP contribution in [0.2, 0.25) is 5.02 Å². The molecule has 3 N–H and O–H groups in total. The highest BCUT2D eigenvalue weighted by atomic mass is 35.5. The van der Waals surface area contributed by atoms with Crippen LogP contribution >= 0.6 is 11.6 Å². The van der Waals surface area contributed by atoms with Crippen LogP contribution in [0, 0.1) is 13.8 Å². The van der Waals surface area contributed by atoms with Crippen molar-refractivity contribution < 1.29 is 19.1 Å². The summed E-state index contributed by atoms with van der Waals surface area (Å²) in [6.07, 6.45) is 1.35. The average molecular weight is 426 g/mol. The minimum Gasteiger partial charge on any atom is -0.478 e. The third kappa shape index (κ3) is 5.27. The summed E-state index contributed by atoms with van der Waals surface area (Å²) in [5, 5.41) is 16.4. The number of amides is 1. The lowest BCUT2D eigenvalue weighted by Crippen LogP contribution is -2.25. The van der Waals surface area contributed by atoms with Crippen molar-refractivity contribution in [1.29, 1.82) is 0 Å². The number of anilines is 1. The standard InChI is InChI=1S/C22H20ClN3O4/c1-13-3-5-16(9-14(13)2)24-12-21(27)26-25-11-17-6-8-20(30-17)18-10-15(22(28)29)4-7-19(18)23/h3-11,24H,12H2,1-2H3,(H,26,27)(H,28,29)/b25-11+. The third-order valence-electron chi connectivity index (χ3n) is 4.45. The first-order valence-corrected chi connectivity index (χ1v) is 9.47. The Morgan fingerprint density at radius 2 is 1.90 bits per heavy atom. The number of hydrazone groups is 1. The second kappa shape index (κ2) is 9.28. The van der Waals surface area contributed by atoms with E-state index in [2.05, 4.69) is 15.8 Å². The second-order valence-corrected chi connectivity index (χ2v) is 7.05. The Hall–Kier alpha value is -3.58. The highest BCUT2D eigenvalue weighted by molar-refractivity contribution is 6.33. The number of rotatable bonds is 7. The van der Waals surface area contributed by atoms with Crippen LogP contribution < -0.4 is 10.7 Å². The van der Waals surface area contributed by atoms with Gasteiger partial charge in [0, 0.05) is 11.3 Å². The van der Waals surface area contributed by atoms with E-state index in [0.29, 0.717) is 22.1 Å². The first-order valence-electron chi connectivity index (χ1n) is 9.09. The number of nitrogens with one attached hydrogen (secondary N) is 2. The minimum absolute atomic E-state index is 0.0703. The fourth-order valence-corrected chi connectivity index (χ4v) is 2.87. The molecule has 0 spiro atoms. The number of carboxylic acid groups (broad SMARTS) is 1. The summed E-state index contributed by atoms with van der Waals surface area (Å²) in [7, 11) is 0. The molecule has 0 fully saturated rings. The Morgan fingerprint density at radius 1 is 1.10 bits per heavy atom.